The van der Waals surface area contributed by atoms with Gasteiger partial charge in [0.05, 0.1) is 20.8 Å². The normalized spacial score (nSPS) is 12.6. The first kappa shape index (κ1) is 24.1. The van der Waals surface area contributed by atoms with Gasteiger partial charge in [-0.15, -0.1) is 0 Å². The molecule has 6 nitrogen and oxygen atoms in total. The third-order valence-corrected chi connectivity index (χ3v) is 5.66. The van der Waals surface area contributed by atoms with Gasteiger partial charge in [-0.05, 0) is 36.6 Å². The van der Waals surface area contributed by atoms with Gasteiger partial charge >= 0.3 is 0 Å². The average molecular weight is 450 g/mol. The van der Waals surface area contributed by atoms with E-state index in [2.05, 4.69) is 0 Å². The molecule has 0 aliphatic rings. The Morgan fingerprint density at radius 2 is 1.58 bits per heavy atom. The summed E-state index contributed by atoms with van der Waals surface area (Å²) in [4.78, 5) is 14.1. The van der Waals surface area contributed by atoms with Crippen LogP contribution in [0.3, 0.4) is 0 Å². The monoisotopic (exact) mass is 449 g/mol. The Morgan fingerprint density at radius 1 is 0.970 bits per heavy atom. The quantitative estimate of drug-likeness (QED) is 0.329. The summed E-state index contributed by atoms with van der Waals surface area (Å²) in [5.74, 6) is 0.502. The number of ether oxygens (including phenoxy) is 3. The summed E-state index contributed by atoms with van der Waals surface area (Å²) in [6.07, 6.45) is 1.62. The number of hydrogen-bond donors (Lipinski definition) is 1. The van der Waals surface area contributed by atoms with Crippen LogP contribution in [0.1, 0.15) is 35.6 Å². The van der Waals surface area contributed by atoms with E-state index in [4.69, 9.17) is 14.2 Å². The summed E-state index contributed by atoms with van der Waals surface area (Å²) in [6, 6.07) is 21.1. The molecule has 1 N–H and O–H groups in total. The fourth-order valence-electron chi connectivity index (χ4n) is 4.08. The zero-order valence-corrected chi connectivity index (χ0v) is 19.6. The van der Waals surface area contributed by atoms with Gasteiger partial charge in [0, 0.05) is 17.7 Å². The van der Waals surface area contributed by atoms with Crippen LogP contribution in [0, 0.1) is 6.92 Å². The van der Waals surface area contributed by atoms with Crippen LogP contribution in [0.4, 0.5) is 0 Å². The minimum Gasteiger partial charge on any atom is -0.502 e. The predicted octanol–water partition coefficient (Wildman–Crippen LogP) is 5.00. The van der Waals surface area contributed by atoms with Crippen LogP contribution >= 0.6 is 0 Å². The summed E-state index contributed by atoms with van der Waals surface area (Å²) in [5, 5.41) is 10.3. The molecule has 0 bridgehead atoms. The molecule has 174 valence electrons. The maximum Gasteiger partial charge on any atom is 0.212 e. The number of amides is 1. The molecule has 1 unspecified atom stereocenters. The van der Waals surface area contributed by atoms with Crippen molar-refractivity contribution in [2.24, 2.45) is 0 Å². The van der Waals surface area contributed by atoms with E-state index in [1.54, 1.807) is 17.0 Å². The van der Waals surface area contributed by atoms with Gasteiger partial charge in [-0.1, -0.05) is 61.5 Å². The van der Waals surface area contributed by atoms with Gasteiger partial charge in [-0.2, -0.15) is 0 Å². The first-order chi connectivity index (χ1) is 16.0. The smallest absolute Gasteiger partial charge is 0.212 e. The van der Waals surface area contributed by atoms with Crippen molar-refractivity contribution in [1.82, 2.24) is 4.90 Å². The molecule has 6 heteroatoms. The lowest BCUT2D eigenvalue weighted by molar-refractivity contribution is -0.160. The van der Waals surface area contributed by atoms with E-state index in [0.29, 0.717) is 6.54 Å². The standard InChI is InChI=1S/C27H31NO5/c1-5-15-28(19-29)27(22-12-7-6-8-13-22,23-14-10-9-11-20(23)2)33-18-21-16-24(31-3)26(30)25(17-21)32-4/h6-14,16-17,19,30H,5,15,18H2,1-4H3. The molecule has 0 spiro atoms. The van der Waals surface area contributed by atoms with Crippen LogP contribution in [-0.4, -0.2) is 37.2 Å². The van der Waals surface area contributed by atoms with Gasteiger partial charge in [0.15, 0.2) is 17.2 Å². The van der Waals surface area contributed by atoms with E-state index in [-0.39, 0.29) is 23.9 Å². The molecule has 3 aromatic rings. The highest BCUT2D eigenvalue weighted by Crippen LogP contribution is 2.41. The fraction of sp³-hybridized carbons (Fsp3) is 0.296. The first-order valence-corrected chi connectivity index (χ1v) is 10.9. The predicted molar refractivity (Wildman–Crippen MR) is 127 cm³/mol. The number of phenolic OH excluding ortho intramolecular Hbond substituents is 1. The molecule has 0 aliphatic heterocycles. The Morgan fingerprint density at radius 3 is 2.12 bits per heavy atom. The molecule has 1 amide bonds. The van der Waals surface area contributed by atoms with Crippen LogP contribution in [0.15, 0.2) is 66.7 Å². The van der Waals surface area contributed by atoms with Gasteiger partial charge in [0.2, 0.25) is 12.2 Å². The second-order valence-electron chi connectivity index (χ2n) is 7.76. The van der Waals surface area contributed by atoms with Crippen molar-refractivity contribution in [1.29, 1.82) is 0 Å². The molecular formula is C27H31NO5. The van der Waals surface area contributed by atoms with Crippen molar-refractivity contribution in [2.75, 3.05) is 20.8 Å². The molecule has 0 heterocycles. The molecule has 0 aromatic heterocycles. The number of methoxy groups -OCH3 is 2. The first-order valence-electron chi connectivity index (χ1n) is 10.9. The maximum atomic E-state index is 12.4. The molecule has 0 saturated heterocycles. The summed E-state index contributed by atoms with van der Waals surface area (Å²) in [5.41, 5.74) is 2.32. The lowest BCUT2D eigenvalue weighted by Crippen LogP contribution is -2.49. The maximum absolute atomic E-state index is 12.4. The highest BCUT2D eigenvalue weighted by atomic mass is 16.5. The van der Waals surface area contributed by atoms with Crippen LogP contribution in [0.25, 0.3) is 0 Å². The number of nitrogens with zero attached hydrogens (tertiary/aromatic N) is 1. The van der Waals surface area contributed by atoms with Crippen molar-refractivity contribution < 1.29 is 24.1 Å². The summed E-state index contributed by atoms with van der Waals surface area (Å²) < 4.78 is 17.3. The van der Waals surface area contributed by atoms with Crippen molar-refractivity contribution in [3.8, 4) is 17.2 Å². The number of benzene rings is 3. The second-order valence-corrected chi connectivity index (χ2v) is 7.76. The molecule has 0 saturated carbocycles. The summed E-state index contributed by atoms with van der Waals surface area (Å²) in [6.45, 7) is 4.69. The van der Waals surface area contributed by atoms with Gasteiger partial charge in [0.1, 0.15) is 0 Å². The largest absolute Gasteiger partial charge is 0.502 e. The molecule has 0 fully saturated rings. The molecule has 3 aromatic carbocycles. The van der Waals surface area contributed by atoms with E-state index >= 15 is 0 Å². The number of hydrogen-bond acceptors (Lipinski definition) is 5. The van der Waals surface area contributed by atoms with E-state index in [1.165, 1.54) is 14.2 Å². The molecule has 3 rings (SSSR count). The summed E-state index contributed by atoms with van der Waals surface area (Å²) >= 11 is 0. The van der Waals surface area contributed by atoms with Crippen molar-refractivity contribution in [3.63, 3.8) is 0 Å². The highest BCUT2D eigenvalue weighted by Gasteiger charge is 2.42. The molecule has 0 aliphatic carbocycles. The minimum atomic E-state index is -1.15. The van der Waals surface area contributed by atoms with E-state index < -0.39 is 5.72 Å². The third-order valence-electron chi connectivity index (χ3n) is 5.66. The Balaban J connectivity index is 2.19. The summed E-state index contributed by atoms with van der Waals surface area (Å²) in [7, 11) is 2.96. The molecular weight excluding hydrogens is 418 g/mol. The lowest BCUT2D eigenvalue weighted by Gasteiger charge is -2.43. The van der Waals surface area contributed by atoms with Crippen LogP contribution < -0.4 is 9.47 Å². The number of aromatic hydroxyl groups is 1. The average Bonchev–Trinajstić information content (AvgIpc) is 2.85. The van der Waals surface area contributed by atoms with Gasteiger partial charge in [0.25, 0.3) is 0 Å². The lowest BCUT2D eigenvalue weighted by atomic mass is 9.89. The van der Waals surface area contributed by atoms with Crippen molar-refractivity contribution in [3.05, 3.63) is 89.0 Å². The topological polar surface area (TPSA) is 68.2 Å². The Kier molecular flexibility index (Phi) is 7.96. The number of aryl methyl sites for hydroxylation is 1. The zero-order valence-electron chi connectivity index (χ0n) is 19.6. The van der Waals surface area contributed by atoms with Crippen LogP contribution in [-0.2, 0) is 21.9 Å². The second kappa shape index (κ2) is 10.9. The fourth-order valence-corrected chi connectivity index (χ4v) is 4.08. The number of carbonyl (C=O) groups excluding carboxylic acids is 1. The van der Waals surface area contributed by atoms with Gasteiger partial charge < -0.3 is 24.2 Å². The number of rotatable bonds is 11. The van der Waals surface area contributed by atoms with E-state index in [0.717, 1.165) is 35.1 Å². The van der Waals surface area contributed by atoms with Gasteiger partial charge in [-0.25, -0.2) is 0 Å². The van der Waals surface area contributed by atoms with Crippen molar-refractivity contribution in [2.45, 2.75) is 32.6 Å². The molecule has 33 heavy (non-hydrogen) atoms. The van der Waals surface area contributed by atoms with Crippen LogP contribution in [0.2, 0.25) is 0 Å². The molecule has 0 radical (unpaired) electrons. The molecule has 1 atom stereocenters. The zero-order chi connectivity index (χ0) is 23.8. The van der Waals surface area contributed by atoms with Crippen molar-refractivity contribution >= 4 is 6.41 Å². The Bertz CT molecular complexity index is 1040. The Hall–Kier alpha value is -3.51. The van der Waals surface area contributed by atoms with Gasteiger partial charge in [-0.3, -0.25) is 4.79 Å². The number of carbonyl (C=O) groups is 1. The SMILES string of the molecule is CCCN(C=O)C(OCc1cc(OC)c(O)c(OC)c1)(c1ccccc1)c1ccccc1C. The third kappa shape index (κ3) is 4.81. The van der Waals surface area contributed by atoms with E-state index in [1.807, 2.05) is 68.4 Å². The number of phenols is 1. The van der Waals surface area contributed by atoms with Crippen LogP contribution in [0.5, 0.6) is 17.2 Å². The Labute approximate surface area is 195 Å². The minimum absolute atomic E-state index is 0.0718. The van der Waals surface area contributed by atoms with E-state index in [9.17, 15) is 9.90 Å². The highest BCUT2D eigenvalue weighted by molar-refractivity contribution is 5.55.